The van der Waals surface area contributed by atoms with Crippen LogP contribution in [0.3, 0.4) is 0 Å². The summed E-state index contributed by atoms with van der Waals surface area (Å²) < 4.78 is 1.71. The summed E-state index contributed by atoms with van der Waals surface area (Å²) >= 11 is 0. The van der Waals surface area contributed by atoms with Crippen molar-refractivity contribution < 1.29 is 5.11 Å². The molecule has 0 amide bonds. The molecule has 1 unspecified atom stereocenters. The van der Waals surface area contributed by atoms with Gasteiger partial charge in [0.2, 0.25) is 0 Å². The van der Waals surface area contributed by atoms with Crippen molar-refractivity contribution in [2.45, 2.75) is 32.3 Å². The number of nitrogens with zero attached hydrogens (tertiary/aromatic N) is 2. The Labute approximate surface area is 91.3 Å². The summed E-state index contributed by atoms with van der Waals surface area (Å²) in [6.07, 6.45) is 3.65. The lowest BCUT2D eigenvalue weighted by Crippen LogP contribution is -2.28. The van der Waals surface area contributed by atoms with Gasteiger partial charge in [-0.2, -0.15) is 5.10 Å². The summed E-state index contributed by atoms with van der Waals surface area (Å²) in [5.74, 6) is 0. The van der Waals surface area contributed by atoms with Crippen LogP contribution < -0.4 is 5.32 Å². The molecule has 0 aliphatic rings. The Kier molecular flexibility index (Phi) is 4.29. The normalized spacial score (nSPS) is 15.2. The van der Waals surface area contributed by atoms with Gasteiger partial charge >= 0.3 is 0 Å². The fraction of sp³-hybridized carbons (Fsp3) is 0.727. The highest BCUT2D eigenvalue weighted by molar-refractivity contribution is 5.08. The highest BCUT2D eigenvalue weighted by Gasteiger charge is 2.24. The standard InChI is InChI=1S/C11H21N3O/c1-4-7-12-8-6-11(2,15)10-5-9-14(3)13-10/h5,9,12,15H,4,6-8H2,1-3H3. The summed E-state index contributed by atoms with van der Waals surface area (Å²) in [7, 11) is 1.86. The molecule has 0 saturated carbocycles. The second kappa shape index (κ2) is 5.28. The van der Waals surface area contributed by atoms with Crippen LogP contribution in [0.2, 0.25) is 0 Å². The van der Waals surface area contributed by atoms with Gasteiger partial charge in [-0.3, -0.25) is 4.68 Å². The van der Waals surface area contributed by atoms with E-state index >= 15 is 0 Å². The SMILES string of the molecule is CCCNCCC(C)(O)c1ccn(C)n1. The number of rotatable bonds is 6. The molecule has 0 aromatic carbocycles. The van der Waals surface area contributed by atoms with E-state index in [1.165, 1.54) is 0 Å². The first-order chi connectivity index (χ1) is 7.06. The van der Waals surface area contributed by atoms with Gasteiger partial charge in [-0.1, -0.05) is 6.92 Å². The van der Waals surface area contributed by atoms with Crippen LogP contribution in [0.5, 0.6) is 0 Å². The van der Waals surface area contributed by atoms with Crippen LogP contribution >= 0.6 is 0 Å². The summed E-state index contributed by atoms with van der Waals surface area (Å²) in [4.78, 5) is 0. The van der Waals surface area contributed by atoms with Gasteiger partial charge in [0.1, 0.15) is 5.60 Å². The molecule has 0 bridgehead atoms. The predicted molar refractivity (Wildman–Crippen MR) is 60.6 cm³/mol. The molecule has 0 aliphatic heterocycles. The summed E-state index contributed by atoms with van der Waals surface area (Å²) in [5, 5.41) is 17.7. The highest BCUT2D eigenvalue weighted by Crippen LogP contribution is 2.21. The average molecular weight is 211 g/mol. The third-order valence-electron chi connectivity index (χ3n) is 2.48. The van der Waals surface area contributed by atoms with Crippen LogP contribution in [-0.4, -0.2) is 28.0 Å². The molecule has 1 heterocycles. The lowest BCUT2D eigenvalue weighted by Gasteiger charge is -2.21. The van der Waals surface area contributed by atoms with Crippen molar-refractivity contribution in [1.29, 1.82) is 0 Å². The Hall–Kier alpha value is -0.870. The molecule has 0 saturated heterocycles. The minimum absolute atomic E-state index is 0.685. The Morgan fingerprint density at radius 2 is 2.27 bits per heavy atom. The van der Waals surface area contributed by atoms with E-state index in [0.717, 1.165) is 25.2 Å². The minimum atomic E-state index is -0.831. The molecule has 1 atom stereocenters. The summed E-state index contributed by atoms with van der Waals surface area (Å²) in [6.45, 7) is 5.75. The van der Waals surface area contributed by atoms with E-state index in [4.69, 9.17) is 0 Å². The smallest absolute Gasteiger partial charge is 0.107 e. The van der Waals surface area contributed by atoms with Crippen molar-refractivity contribution in [3.8, 4) is 0 Å². The first-order valence-corrected chi connectivity index (χ1v) is 5.49. The van der Waals surface area contributed by atoms with Crippen molar-refractivity contribution in [3.05, 3.63) is 18.0 Å². The third kappa shape index (κ3) is 3.64. The van der Waals surface area contributed by atoms with E-state index in [0.29, 0.717) is 6.42 Å². The van der Waals surface area contributed by atoms with E-state index in [-0.39, 0.29) is 0 Å². The van der Waals surface area contributed by atoms with E-state index in [1.807, 2.05) is 26.2 Å². The first kappa shape index (κ1) is 12.2. The second-order valence-corrected chi connectivity index (χ2v) is 4.15. The molecule has 1 rings (SSSR count). The molecule has 0 aliphatic carbocycles. The number of nitrogens with one attached hydrogen (secondary N) is 1. The first-order valence-electron chi connectivity index (χ1n) is 5.49. The van der Waals surface area contributed by atoms with E-state index in [2.05, 4.69) is 17.3 Å². The third-order valence-corrected chi connectivity index (χ3v) is 2.48. The van der Waals surface area contributed by atoms with Gasteiger partial charge in [-0.25, -0.2) is 0 Å². The van der Waals surface area contributed by atoms with Gasteiger partial charge in [0, 0.05) is 13.2 Å². The van der Waals surface area contributed by atoms with Crippen LogP contribution in [0.1, 0.15) is 32.4 Å². The number of aromatic nitrogens is 2. The maximum Gasteiger partial charge on any atom is 0.107 e. The quantitative estimate of drug-likeness (QED) is 0.691. The topological polar surface area (TPSA) is 50.1 Å². The number of hydrogen-bond donors (Lipinski definition) is 2. The van der Waals surface area contributed by atoms with Crippen molar-refractivity contribution >= 4 is 0 Å². The Morgan fingerprint density at radius 3 is 2.80 bits per heavy atom. The maximum atomic E-state index is 10.2. The Bertz CT molecular complexity index is 294. The monoisotopic (exact) mass is 211 g/mol. The molecule has 4 heteroatoms. The van der Waals surface area contributed by atoms with Crippen molar-refractivity contribution in [2.75, 3.05) is 13.1 Å². The highest BCUT2D eigenvalue weighted by atomic mass is 16.3. The molecular formula is C11H21N3O. The van der Waals surface area contributed by atoms with E-state index in [1.54, 1.807) is 4.68 Å². The average Bonchev–Trinajstić information content (AvgIpc) is 2.60. The van der Waals surface area contributed by atoms with Crippen LogP contribution in [0.15, 0.2) is 12.3 Å². The fourth-order valence-corrected chi connectivity index (χ4v) is 1.46. The Balaban J connectivity index is 2.44. The molecule has 86 valence electrons. The van der Waals surface area contributed by atoms with Gasteiger partial charge in [-0.15, -0.1) is 0 Å². The molecule has 0 spiro atoms. The minimum Gasteiger partial charge on any atom is -0.384 e. The van der Waals surface area contributed by atoms with Gasteiger partial charge in [0.25, 0.3) is 0 Å². The maximum absolute atomic E-state index is 10.2. The van der Waals surface area contributed by atoms with Crippen molar-refractivity contribution in [3.63, 3.8) is 0 Å². The molecule has 0 radical (unpaired) electrons. The lowest BCUT2D eigenvalue weighted by molar-refractivity contribution is 0.0430. The zero-order valence-corrected chi connectivity index (χ0v) is 9.82. The number of aliphatic hydroxyl groups is 1. The zero-order chi connectivity index (χ0) is 11.3. The summed E-state index contributed by atoms with van der Waals surface area (Å²) in [5.41, 5.74) is -0.0922. The molecule has 15 heavy (non-hydrogen) atoms. The Morgan fingerprint density at radius 1 is 1.53 bits per heavy atom. The molecular weight excluding hydrogens is 190 g/mol. The molecule has 1 aromatic heterocycles. The van der Waals surface area contributed by atoms with Gasteiger partial charge in [0.15, 0.2) is 0 Å². The largest absolute Gasteiger partial charge is 0.384 e. The molecule has 1 aromatic rings. The molecule has 4 nitrogen and oxygen atoms in total. The van der Waals surface area contributed by atoms with Crippen molar-refractivity contribution in [1.82, 2.24) is 15.1 Å². The lowest BCUT2D eigenvalue weighted by atomic mass is 9.98. The van der Waals surface area contributed by atoms with E-state index < -0.39 is 5.60 Å². The summed E-state index contributed by atoms with van der Waals surface area (Å²) in [6, 6.07) is 1.86. The van der Waals surface area contributed by atoms with Crippen LogP contribution in [-0.2, 0) is 12.6 Å². The number of hydrogen-bond acceptors (Lipinski definition) is 3. The van der Waals surface area contributed by atoms with Gasteiger partial charge < -0.3 is 10.4 Å². The zero-order valence-electron chi connectivity index (χ0n) is 9.82. The van der Waals surface area contributed by atoms with Gasteiger partial charge in [-0.05, 0) is 38.9 Å². The van der Waals surface area contributed by atoms with Crippen LogP contribution in [0.25, 0.3) is 0 Å². The predicted octanol–water partition coefficient (Wildman–Crippen LogP) is 1.02. The number of aryl methyl sites for hydroxylation is 1. The second-order valence-electron chi connectivity index (χ2n) is 4.15. The fourth-order valence-electron chi connectivity index (χ4n) is 1.46. The molecule has 2 N–H and O–H groups in total. The van der Waals surface area contributed by atoms with Gasteiger partial charge in [0.05, 0.1) is 5.69 Å². The van der Waals surface area contributed by atoms with Crippen LogP contribution in [0.4, 0.5) is 0 Å². The van der Waals surface area contributed by atoms with E-state index in [9.17, 15) is 5.11 Å². The van der Waals surface area contributed by atoms with Crippen LogP contribution in [0, 0.1) is 0 Å². The van der Waals surface area contributed by atoms with Crippen molar-refractivity contribution in [2.24, 2.45) is 7.05 Å². The molecule has 0 fully saturated rings.